The van der Waals surface area contributed by atoms with E-state index >= 15 is 0 Å². The zero-order chi connectivity index (χ0) is 20.5. The maximum Gasteiger partial charge on any atom is 0.322 e. The number of nitrogens with one attached hydrogen (secondary N) is 2. The molecule has 3 N–H and O–H groups in total. The van der Waals surface area contributed by atoms with Crippen LogP contribution in [0.25, 0.3) is 10.9 Å². The first-order valence-corrected chi connectivity index (χ1v) is 9.72. The van der Waals surface area contributed by atoms with Crippen LogP contribution in [0.1, 0.15) is 11.1 Å². The number of hydrogen-bond acceptors (Lipinski definition) is 5. The highest BCUT2D eigenvalue weighted by Crippen LogP contribution is 2.23. The van der Waals surface area contributed by atoms with E-state index in [1.165, 1.54) is 19.1 Å². The zero-order valence-electron chi connectivity index (χ0n) is 14.7. The van der Waals surface area contributed by atoms with E-state index in [4.69, 9.17) is 0 Å². The second-order valence-corrected chi connectivity index (χ2v) is 8.00. The lowest BCUT2D eigenvalue weighted by molar-refractivity contribution is -0.385. The molecule has 0 aliphatic carbocycles. The van der Waals surface area contributed by atoms with Crippen molar-refractivity contribution in [1.29, 1.82) is 0 Å². The average molecular weight is 403 g/mol. The van der Waals surface area contributed by atoms with Crippen molar-refractivity contribution in [2.75, 3.05) is 0 Å². The molecule has 0 amide bonds. The van der Waals surface area contributed by atoms with Gasteiger partial charge in [-0.2, -0.15) is 4.72 Å². The maximum absolute atomic E-state index is 12.6. The molecular formula is C18H17N3O6S. The van der Waals surface area contributed by atoms with Gasteiger partial charge in [0.25, 0.3) is 5.69 Å². The summed E-state index contributed by atoms with van der Waals surface area (Å²) >= 11 is 0. The van der Waals surface area contributed by atoms with Crippen LogP contribution in [-0.2, 0) is 21.2 Å². The predicted octanol–water partition coefficient (Wildman–Crippen LogP) is 2.36. The highest BCUT2D eigenvalue weighted by atomic mass is 32.2. The normalized spacial score (nSPS) is 12.8. The molecule has 146 valence electrons. The number of nitrogens with zero attached hydrogens (tertiary/aromatic N) is 1. The van der Waals surface area contributed by atoms with Gasteiger partial charge in [0.15, 0.2) is 0 Å². The highest BCUT2D eigenvalue weighted by Gasteiger charge is 2.28. The summed E-state index contributed by atoms with van der Waals surface area (Å²) in [6, 6.07) is 9.24. The zero-order valence-corrected chi connectivity index (χ0v) is 15.6. The Balaban J connectivity index is 1.91. The van der Waals surface area contributed by atoms with Gasteiger partial charge >= 0.3 is 5.97 Å². The molecule has 3 rings (SSSR count). The first kappa shape index (κ1) is 19.5. The number of benzene rings is 2. The number of carboxylic acid groups (broad SMARTS) is 1. The van der Waals surface area contributed by atoms with Gasteiger partial charge in [-0.25, -0.2) is 8.42 Å². The van der Waals surface area contributed by atoms with E-state index < -0.39 is 27.0 Å². The molecule has 1 unspecified atom stereocenters. The second kappa shape index (κ2) is 7.41. The smallest absolute Gasteiger partial charge is 0.322 e. The Bertz CT molecular complexity index is 1170. The van der Waals surface area contributed by atoms with Crippen molar-refractivity contribution < 1.29 is 23.2 Å². The lowest BCUT2D eigenvalue weighted by Crippen LogP contribution is -2.42. The first-order chi connectivity index (χ1) is 13.2. The molecule has 0 bridgehead atoms. The van der Waals surface area contributed by atoms with Crippen molar-refractivity contribution in [2.24, 2.45) is 0 Å². The number of fused-ring (bicyclic) bond motifs is 1. The summed E-state index contributed by atoms with van der Waals surface area (Å²) in [5.74, 6) is -1.35. The Kier molecular flexibility index (Phi) is 5.16. The Morgan fingerprint density at radius 3 is 2.68 bits per heavy atom. The number of nitro benzene ring substituents is 1. The molecule has 1 atom stereocenters. The van der Waals surface area contributed by atoms with Gasteiger partial charge in [-0.1, -0.05) is 24.3 Å². The van der Waals surface area contributed by atoms with E-state index in [2.05, 4.69) is 9.71 Å². The van der Waals surface area contributed by atoms with Crippen molar-refractivity contribution in [3.63, 3.8) is 0 Å². The SMILES string of the molecule is Cc1ccc(S(=O)(=O)NC(Cc2c[nH]c3ccccc23)C(=O)O)cc1[N+](=O)[O-]. The molecule has 0 aliphatic heterocycles. The minimum Gasteiger partial charge on any atom is -0.480 e. The summed E-state index contributed by atoms with van der Waals surface area (Å²) in [5, 5.41) is 21.3. The average Bonchev–Trinajstić information content (AvgIpc) is 3.04. The summed E-state index contributed by atoms with van der Waals surface area (Å²) in [6.07, 6.45) is 1.54. The number of H-pyrrole nitrogens is 1. The van der Waals surface area contributed by atoms with Gasteiger partial charge in [-0.3, -0.25) is 14.9 Å². The predicted molar refractivity (Wildman–Crippen MR) is 102 cm³/mol. The van der Waals surface area contributed by atoms with Gasteiger partial charge in [0.1, 0.15) is 6.04 Å². The number of aryl methyl sites for hydroxylation is 1. The molecule has 0 aliphatic rings. The summed E-state index contributed by atoms with van der Waals surface area (Å²) in [6.45, 7) is 1.49. The molecule has 0 spiro atoms. The fourth-order valence-electron chi connectivity index (χ4n) is 2.91. The van der Waals surface area contributed by atoms with Crippen LogP contribution >= 0.6 is 0 Å². The third-order valence-corrected chi connectivity index (χ3v) is 5.85. The number of hydrogen-bond donors (Lipinski definition) is 3. The second-order valence-electron chi connectivity index (χ2n) is 6.28. The third kappa shape index (κ3) is 3.87. The van der Waals surface area contributed by atoms with Gasteiger partial charge in [-0.15, -0.1) is 0 Å². The number of para-hydroxylation sites is 1. The van der Waals surface area contributed by atoms with Crippen LogP contribution in [0.4, 0.5) is 5.69 Å². The van der Waals surface area contributed by atoms with E-state index in [-0.39, 0.29) is 17.0 Å². The van der Waals surface area contributed by atoms with Crippen LogP contribution < -0.4 is 4.72 Å². The number of aromatic nitrogens is 1. The van der Waals surface area contributed by atoms with Gasteiger partial charge in [0.2, 0.25) is 10.0 Å². The van der Waals surface area contributed by atoms with Crippen molar-refractivity contribution in [1.82, 2.24) is 9.71 Å². The third-order valence-electron chi connectivity index (χ3n) is 4.38. The number of nitro groups is 1. The molecule has 9 nitrogen and oxygen atoms in total. The summed E-state index contributed by atoms with van der Waals surface area (Å²) in [7, 11) is -4.28. The lowest BCUT2D eigenvalue weighted by Gasteiger charge is -2.15. The molecule has 1 aromatic heterocycles. The molecule has 2 aromatic carbocycles. The van der Waals surface area contributed by atoms with Gasteiger partial charge in [-0.05, 0) is 24.6 Å². The topological polar surface area (TPSA) is 142 Å². The van der Waals surface area contributed by atoms with Crippen LogP contribution in [0.3, 0.4) is 0 Å². The minimum atomic E-state index is -4.28. The van der Waals surface area contributed by atoms with E-state index in [0.717, 1.165) is 17.0 Å². The van der Waals surface area contributed by atoms with Gasteiger partial charge in [0, 0.05) is 35.2 Å². The minimum absolute atomic E-state index is 0.0907. The number of rotatable bonds is 7. The van der Waals surface area contributed by atoms with Crippen LogP contribution in [-0.4, -0.2) is 35.4 Å². The largest absolute Gasteiger partial charge is 0.480 e. The molecule has 0 fully saturated rings. The van der Waals surface area contributed by atoms with Crippen molar-refractivity contribution in [3.8, 4) is 0 Å². The summed E-state index contributed by atoms with van der Waals surface area (Å²) in [5.41, 5.74) is 1.39. The fourth-order valence-corrected chi connectivity index (χ4v) is 4.12. The standard InChI is InChI=1S/C18H17N3O6S/c1-11-6-7-13(9-17(11)21(24)25)28(26,27)20-16(18(22)23)8-12-10-19-15-5-3-2-4-14(12)15/h2-7,9-10,16,19-20H,8H2,1H3,(H,22,23). The summed E-state index contributed by atoms with van der Waals surface area (Å²) in [4.78, 5) is 24.7. The van der Waals surface area contributed by atoms with E-state index in [1.807, 2.05) is 12.1 Å². The number of carboxylic acids is 1. The quantitative estimate of drug-likeness (QED) is 0.408. The number of sulfonamides is 1. The monoisotopic (exact) mass is 403 g/mol. The molecule has 1 heterocycles. The van der Waals surface area contributed by atoms with E-state index in [0.29, 0.717) is 11.1 Å². The maximum atomic E-state index is 12.6. The highest BCUT2D eigenvalue weighted by molar-refractivity contribution is 7.89. The summed E-state index contributed by atoms with van der Waals surface area (Å²) < 4.78 is 27.4. The first-order valence-electron chi connectivity index (χ1n) is 8.24. The Hall–Kier alpha value is -3.24. The van der Waals surface area contributed by atoms with Crippen LogP contribution in [0.2, 0.25) is 0 Å². The molecule has 3 aromatic rings. The Morgan fingerprint density at radius 1 is 1.29 bits per heavy atom. The fraction of sp³-hybridized carbons (Fsp3) is 0.167. The van der Waals surface area contributed by atoms with Crippen LogP contribution in [0.15, 0.2) is 53.6 Å². The number of aromatic amines is 1. The van der Waals surface area contributed by atoms with Crippen molar-refractivity contribution >= 4 is 32.6 Å². The van der Waals surface area contributed by atoms with Gasteiger partial charge < -0.3 is 10.1 Å². The molecule has 0 saturated heterocycles. The van der Waals surface area contributed by atoms with E-state index in [9.17, 15) is 28.4 Å². The van der Waals surface area contributed by atoms with Gasteiger partial charge in [0.05, 0.1) is 9.82 Å². The van der Waals surface area contributed by atoms with Crippen LogP contribution in [0.5, 0.6) is 0 Å². The van der Waals surface area contributed by atoms with E-state index in [1.54, 1.807) is 18.3 Å². The lowest BCUT2D eigenvalue weighted by atomic mass is 10.1. The Labute approximate surface area is 160 Å². The van der Waals surface area contributed by atoms with Crippen LogP contribution in [0, 0.1) is 17.0 Å². The Morgan fingerprint density at radius 2 is 2.00 bits per heavy atom. The number of aliphatic carboxylic acids is 1. The molecule has 0 radical (unpaired) electrons. The van der Waals surface area contributed by atoms with Crippen molar-refractivity contribution in [2.45, 2.75) is 24.3 Å². The molecule has 0 saturated carbocycles. The molecule has 10 heteroatoms. The molecular weight excluding hydrogens is 386 g/mol. The molecule has 28 heavy (non-hydrogen) atoms. The van der Waals surface area contributed by atoms with Crippen molar-refractivity contribution in [3.05, 3.63) is 69.9 Å². The number of carbonyl (C=O) groups is 1.